The molecule has 4 aromatic rings. The topological polar surface area (TPSA) is 72.0 Å². The highest BCUT2D eigenvalue weighted by Gasteiger charge is 2.24. The van der Waals surface area contributed by atoms with Gasteiger partial charge in [-0.15, -0.1) is 11.3 Å². The Kier molecular flexibility index (Phi) is 4.98. The third-order valence-electron chi connectivity index (χ3n) is 4.29. The summed E-state index contributed by atoms with van der Waals surface area (Å²) < 4.78 is 5.36. The summed E-state index contributed by atoms with van der Waals surface area (Å²) in [6, 6.07) is 14.7. The van der Waals surface area contributed by atoms with Gasteiger partial charge in [0.05, 0.1) is 0 Å². The highest BCUT2D eigenvalue weighted by Crippen LogP contribution is 2.26. The molecule has 4 rings (SSSR count). The number of rotatable bonds is 5. The normalized spacial score (nSPS) is 12.1. The largest absolute Gasteiger partial charge is 0.450 e. The summed E-state index contributed by atoms with van der Waals surface area (Å²) in [5, 5.41) is 3.66. The summed E-state index contributed by atoms with van der Waals surface area (Å²) in [6.45, 7) is 1.56. The molecule has 0 saturated carbocycles. The maximum Gasteiger partial charge on any atom is 0.358 e. The zero-order valence-corrected chi connectivity index (χ0v) is 16.4. The van der Waals surface area contributed by atoms with Gasteiger partial charge in [0.2, 0.25) is 5.78 Å². The Morgan fingerprint density at radius 1 is 1.18 bits per heavy atom. The van der Waals surface area contributed by atoms with Crippen LogP contribution in [0.4, 0.5) is 0 Å². The van der Waals surface area contributed by atoms with Crippen LogP contribution in [0.2, 0.25) is 5.02 Å². The van der Waals surface area contributed by atoms with Gasteiger partial charge >= 0.3 is 5.97 Å². The first kappa shape index (κ1) is 18.4. The molecule has 140 valence electrons. The van der Waals surface area contributed by atoms with E-state index in [0.29, 0.717) is 15.6 Å². The number of ketones is 1. The molecule has 0 fully saturated rings. The van der Waals surface area contributed by atoms with Gasteiger partial charge in [0.15, 0.2) is 11.8 Å². The lowest BCUT2D eigenvalue weighted by Crippen LogP contribution is -2.24. The van der Waals surface area contributed by atoms with Crippen LogP contribution in [-0.2, 0) is 4.74 Å². The Morgan fingerprint density at radius 3 is 2.82 bits per heavy atom. The zero-order valence-electron chi connectivity index (χ0n) is 14.8. The fourth-order valence-electron chi connectivity index (χ4n) is 2.89. The molecule has 0 saturated heterocycles. The van der Waals surface area contributed by atoms with E-state index >= 15 is 0 Å². The van der Waals surface area contributed by atoms with Crippen molar-refractivity contribution in [1.82, 2.24) is 9.97 Å². The maximum atomic E-state index is 12.7. The van der Waals surface area contributed by atoms with Crippen molar-refractivity contribution < 1.29 is 14.3 Å². The molecule has 0 aliphatic carbocycles. The van der Waals surface area contributed by atoms with E-state index in [4.69, 9.17) is 16.3 Å². The van der Waals surface area contributed by atoms with Crippen molar-refractivity contribution in [3.8, 4) is 10.6 Å². The van der Waals surface area contributed by atoms with E-state index in [1.54, 1.807) is 30.6 Å². The van der Waals surface area contributed by atoms with Crippen LogP contribution in [0.1, 0.15) is 27.8 Å². The van der Waals surface area contributed by atoms with Crippen LogP contribution >= 0.6 is 22.9 Å². The number of esters is 1. The van der Waals surface area contributed by atoms with Gasteiger partial charge < -0.3 is 9.72 Å². The predicted octanol–water partition coefficient (Wildman–Crippen LogP) is 5.37. The van der Waals surface area contributed by atoms with Crippen molar-refractivity contribution in [3.63, 3.8) is 0 Å². The lowest BCUT2D eigenvalue weighted by molar-refractivity contribution is 0.0314. The molecular weight excluding hydrogens is 396 g/mol. The number of halogens is 1. The molecule has 2 heterocycles. The number of H-pyrrole nitrogens is 1. The number of para-hydroxylation sites is 1. The van der Waals surface area contributed by atoms with E-state index in [1.807, 2.05) is 36.4 Å². The van der Waals surface area contributed by atoms with Crippen molar-refractivity contribution >= 4 is 45.6 Å². The second kappa shape index (κ2) is 7.58. The summed E-state index contributed by atoms with van der Waals surface area (Å²) in [5.74, 6) is -0.902. The van der Waals surface area contributed by atoms with Crippen LogP contribution in [0.5, 0.6) is 0 Å². The zero-order chi connectivity index (χ0) is 19.7. The van der Waals surface area contributed by atoms with E-state index < -0.39 is 12.1 Å². The van der Waals surface area contributed by atoms with Crippen LogP contribution < -0.4 is 0 Å². The molecule has 0 amide bonds. The van der Waals surface area contributed by atoms with E-state index in [-0.39, 0.29) is 11.5 Å². The molecule has 0 spiro atoms. The standard InChI is InChI=1S/C21H15ClN2O3S/c1-12(19(25)16-10-23-17-8-3-2-7-15(16)17)27-21(26)18-11-28-20(24-18)13-5-4-6-14(22)9-13/h2-12,23H,1H3/t12-/m0/s1. The highest BCUT2D eigenvalue weighted by molar-refractivity contribution is 7.13. The monoisotopic (exact) mass is 410 g/mol. The van der Waals surface area contributed by atoms with Crippen molar-refractivity contribution in [2.75, 3.05) is 0 Å². The number of aromatic nitrogens is 2. The number of Topliss-reactive ketones (excluding diaryl/α,β-unsaturated/α-hetero) is 1. The molecule has 7 heteroatoms. The van der Waals surface area contributed by atoms with Gasteiger partial charge in [-0.2, -0.15) is 0 Å². The summed E-state index contributed by atoms with van der Waals surface area (Å²) in [6.07, 6.45) is 0.709. The number of benzene rings is 2. The molecule has 0 radical (unpaired) electrons. The third-order valence-corrected chi connectivity index (χ3v) is 5.42. The van der Waals surface area contributed by atoms with Crippen LogP contribution in [-0.4, -0.2) is 27.8 Å². The minimum atomic E-state index is -0.928. The maximum absolute atomic E-state index is 12.7. The average molecular weight is 411 g/mol. The van der Waals surface area contributed by atoms with Gasteiger partial charge in [-0.05, 0) is 25.1 Å². The van der Waals surface area contributed by atoms with Gasteiger partial charge in [-0.1, -0.05) is 41.9 Å². The Balaban J connectivity index is 1.50. The number of aromatic amines is 1. The molecule has 5 nitrogen and oxygen atoms in total. The van der Waals surface area contributed by atoms with E-state index in [0.717, 1.165) is 16.5 Å². The lowest BCUT2D eigenvalue weighted by atomic mass is 10.1. The first-order valence-corrected chi connectivity index (χ1v) is 9.81. The molecule has 28 heavy (non-hydrogen) atoms. The molecular formula is C21H15ClN2O3S. The van der Waals surface area contributed by atoms with Gasteiger partial charge in [0.1, 0.15) is 5.01 Å². The minimum Gasteiger partial charge on any atom is -0.450 e. The van der Waals surface area contributed by atoms with Crippen LogP contribution in [0.25, 0.3) is 21.5 Å². The fourth-order valence-corrected chi connectivity index (χ4v) is 3.87. The highest BCUT2D eigenvalue weighted by atomic mass is 35.5. The number of hydrogen-bond donors (Lipinski definition) is 1. The Morgan fingerprint density at radius 2 is 2.00 bits per heavy atom. The summed E-state index contributed by atoms with van der Waals surface area (Å²) >= 11 is 7.32. The number of fused-ring (bicyclic) bond motifs is 1. The Labute approximate surface area is 169 Å². The number of nitrogens with one attached hydrogen (secondary N) is 1. The molecule has 2 aromatic carbocycles. The quantitative estimate of drug-likeness (QED) is 0.354. The fraction of sp³-hybridized carbons (Fsp3) is 0.0952. The van der Waals surface area contributed by atoms with Crippen molar-refractivity contribution in [1.29, 1.82) is 0 Å². The molecule has 0 unspecified atom stereocenters. The molecule has 2 aromatic heterocycles. The lowest BCUT2D eigenvalue weighted by Gasteiger charge is -2.10. The summed E-state index contributed by atoms with van der Waals surface area (Å²) in [7, 11) is 0. The Bertz CT molecular complexity index is 1180. The van der Waals surface area contributed by atoms with Crippen LogP contribution in [0.15, 0.2) is 60.1 Å². The second-order valence-corrected chi connectivity index (χ2v) is 7.50. The Hall–Kier alpha value is -2.96. The van der Waals surface area contributed by atoms with Gasteiger partial charge in [0, 0.05) is 38.6 Å². The molecule has 0 aliphatic heterocycles. The molecule has 1 N–H and O–H groups in total. The van der Waals surface area contributed by atoms with Crippen LogP contribution in [0.3, 0.4) is 0 Å². The first-order valence-electron chi connectivity index (χ1n) is 8.55. The van der Waals surface area contributed by atoms with Gasteiger partial charge in [0.25, 0.3) is 0 Å². The molecule has 0 bridgehead atoms. The first-order chi connectivity index (χ1) is 13.5. The van der Waals surface area contributed by atoms with Gasteiger partial charge in [-0.3, -0.25) is 4.79 Å². The molecule has 1 atom stereocenters. The van der Waals surface area contributed by atoms with Crippen molar-refractivity contribution in [2.24, 2.45) is 0 Å². The van der Waals surface area contributed by atoms with Crippen molar-refractivity contribution in [2.45, 2.75) is 13.0 Å². The molecule has 0 aliphatic rings. The summed E-state index contributed by atoms with van der Waals surface area (Å²) in [4.78, 5) is 32.5. The van der Waals surface area contributed by atoms with E-state index in [2.05, 4.69) is 9.97 Å². The third kappa shape index (κ3) is 3.56. The smallest absolute Gasteiger partial charge is 0.358 e. The summed E-state index contributed by atoms with van der Waals surface area (Å²) in [5.41, 5.74) is 2.34. The minimum absolute atomic E-state index is 0.165. The number of thiazole rings is 1. The number of carbonyl (C=O) groups excluding carboxylic acids is 2. The van der Waals surface area contributed by atoms with E-state index in [9.17, 15) is 9.59 Å². The van der Waals surface area contributed by atoms with Crippen molar-refractivity contribution in [3.05, 3.63) is 76.4 Å². The van der Waals surface area contributed by atoms with Crippen LogP contribution in [0, 0.1) is 0 Å². The average Bonchev–Trinajstić information content (AvgIpc) is 3.35. The van der Waals surface area contributed by atoms with Gasteiger partial charge in [-0.25, -0.2) is 9.78 Å². The number of ether oxygens (including phenoxy) is 1. The SMILES string of the molecule is C[C@H](OC(=O)c1csc(-c2cccc(Cl)c2)n1)C(=O)c1c[nH]c2ccccc12. The number of nitrogens with zero attached hydrogens (tertiary/aromatic N) is 1. The van der Waals surface area contributed by atoms with E-state index in [1.165, 1.54) is 11.3 Å². The second-order valence-electron chi connectivity index (χ2n) is 6.21. The predicted molar refractivity (Wildman–Crippen MR) is 110 cm³/mol. The number of hydrogen-bond acceptors (Lipinski definition) is 5. The number of carbonyl (C=O) groups is 2.